The summed E-state index contributed by atoms with van der Waals surface area (Å²) >= 11 is 0. The zero-order chi connectivity index (χ0) is 15.5. The fraction of sp³-hybridized carbons (Fsp3) is 0.462. The topological polar surface area (TPSA) is 108 Å². The van der Waals surface area contributed by atoms with Crippen LogP contribution < -0.4 is 15.4 Å². The average Bonchev–Trinajstić information content (AvgIpc) is 2.43. The smallest absolute Gasteiger partial charge is 0.241 e. The summed E-state index contributed by atoms with van der Waals surface area (Å²) in [5, 5.41) is 14.6. The molecule has 1 heterocycles. The van der Waals surface area contributed by atoms with Gasteiger partial charge in [0.05, 0.1) is 4.90 Å². The van der Waals surface area contributed by atoms with Gasteiger partial charge < -0.3 is 15.7 Å². The van der Waals surface area contributed by atoms with E-state index in [1.165, 1.54) is 12.1 Å². The molecule has 8 heteroatoms. The number of piperidine rings is 1. The maximum atomic E-state index is 12.3. The Morgan fingerprint density at radius 2 is 2.14 bits per heavy atom. The van der Waals surface area contributed by atoms with Gasteiger partial charge in [-0.2, -0.15) is 4.72 Å². The first-order valence-electron chi connectivity index (χ1n) is 6.77. The Morgan fingerprint density at radius 1 is 1.38 bits per heavy atom. The van der Waals surface area contributed by atoms with Crippen LogP contribution >= 0.6 is 0 Å². The zero-order valence-electron chi connectivity index (χ0n) is 11.7. The van der Waals surface area contributed by atoms with Crippen LogP contribution in [0.5, 0.6) is 0 Å². The molecule has 2 unspecified atom stereocenters. The van der Waals surface area contributed by atoms with Gasteiger partial charge in [-0.25, -0.2) is 8.42 Å². The number of benzene rings is 1. The minimum absolute atomic E-state index is 0.0971. The van der Waals surface area contributed by atoms with E-state index in [1.807, 2.05) is 6.92 Å². The lowest BCUT2D eigenvalue weighted by Crippen LogP contribution is -2.53. The number of aliphatic hydroxyl groups is 1. The van der Waals surface area contributed by atoms with Crippen LogP contribution in [0.1, 0.15) is 19.8 Å². The minimum Gasteiger partial charge on any atom is -0.385 e. The molecule has 4 N–H and O–H groups in total. The first-order chi connectivity index (χ1) is 9.92. The van der Waals surface area contributed by atoms with Gasteiger partial charge >= 0.3 is 0 Å². The Hall–Kier alpha value is -1.64. The quantitative estimate of drug-likeness (QED) is 0.612. The molecule has 2 atom stereocenters. The monoisotopic (exact) mass is 313 g/mol. The van der Waals surface area contributed by atoms with E-state index in [9.17, 15) is 18.3 Å². The van der Waals surface area contributed by atoms with Crippen LogP contribution in [0.3, 0.4) is 0 Å². The molecule has 1 fully saturated rings. The number of amides is 1. The van der Waals surface area contributed by atoms with E-state index in [2.05, 4.69) is 15.4 Å². The first kappa shape index (κ1) is 15.7. The van der Waals surface area contributed by atoms with Crippen molar-refractivity contribution in [1.29, 1.82) is 0 Å². The number of rotatable bonds is 5. The number of hydrogen-bond acceptors (Lipinski definition) is 5. The molecule has 0 bridgehead atoms. The van der Waals surface area contributed by atoms with Gasteiger partial charge in [0.15, 0.2) is 0 Å². The van der Waals surface area contributed by atoms with Crippen molar-refractivity contribution in [2.24, 2.45) is 0 Å². The number of sulfonamides is 1. The van der Waals surface area contributed by atoms with E-state index in [4.69, 9.17) is 0 Å². The molecule has 1 aliphatic heterocycles. The summed E-state index contributed by atoms with van der Waals surface area (Å²) in [6.45, 7) is 2.59. The Morgan fingerprint density at radius 3 is 2.81 bits per heavy atom. The fourth-order valence-corrected chi connectivity index (χ4v) is 3.41. The van der Waals surface area contributed by atoms with Crippen molar-refractivity contribution in [1.82, 2.24) is 10.0 Å². The molecule has 1 aromatic rings. The molecule has 0 radical (unpaired) electrons. The second-order valence-electron chi connectivity index (χ2n) is 4.83. The van der Waals surface area contributed by atoms with Crippen LogP contribution in [0.25, 0.3) is 0 Å². The number of aliphatic hydroxyl groups excluding tert-OH is 1. The highest BCUT2D eigenvalue weighted by Crippen LogP contribution is 2.17. The number of carbonyl (C=O) groups excluding carboxylic acids is 1. The van der Waals surface area contributed by atoms with Crippen LogP contribution in [0.15, 0.2) is 29.2 Å². The van der Waals surface area contributed by atoms with E-state index in [0.717, 1.165) is 0 Å². The highest BCUT2D eigenvalue weighted by molar-refractivity contribution is 7.89. The van der Waals surface area contributed by atoms with Crippen molar-refractivity contribution in [2.45, 2.75) is 36.9 Å². The SMILES string of the molecule is CCNc1cccc(S(=O)(=O)NC2CCC(O)NC2=O)c1. The van der Waals surface area contributed by atoms with E-state index in [1.54, 1.807) is 12.1 Å². The van der Waals surface area contributed by atoms with Gasteiger partial charge in [-0.1, -0.05) is 6.07 Å². The number of anilines is 1. The minimum atomic E-state index is -3.78. The number of hydrogen-bond donors (Lipinski definition) is 4. The van der Waals surface area contributed by atoms with Crippen LogP contribution in [-0.4, -0.2) is 38.2 Å². The predicted molar refractivity (Wildman–Crippen MR) is 78.1 cm³/mol. The molecule has 0 saturated carbocycles. The third-order valence-electron chi connectivity index (χ3n) is 3.18. The predicted octanol–water partition coefficient (Wildman–Crippen LogP) is -0.00630. The Kier molecular flexibility index (Phi) is 4.81. The molecule has 7 nitrogen and oxygen atoms in total. The highest BCUT2D eigenvalue weighted by atomic mass is 32.2. The van der Waals surface area contributed by atoms with Crippen molar-refractivity contribution >= 4 is 21.6 Å². The van der Waals surface area contributed by atoms with E-state index < -0.39 is 28.2 Å². The summed E-state index contributed by atoms with van der Waals surface area (Å²) < 4.78 is 27.0. The Bertz CT molecular complexity index is 618. The molecule has 0 aromatic heterocycles. The fourth-order valence-electron chi connectivity index (χ4n) is 2.14. The molecule has 0 aliphatic carbocycles. The highest BCUT2D eigenvalue weighted by Gasteiger charge is 2.30. The second kappa shape index (κ2) is 6.42. The van der Waals surface area contributed by atoms with Crippen molar-refractivity contribution in [3.05, 3.63) is 24.3 Å². The molecule has 116 valence electrons. The van der Waals surface area contributed by atoms with Gasteiger partial charge in [-0.15, -0.1) is 0 Å². The van der Waals surface area contributed by atoms with Gasteiger partial charge in [0.25, 0.3) is 0 Å². The summed E-state index contributed by atoms with van der Waals surface area (Å²) in [7, 11) is -3.78. The molecule has 2 rings (SSSR count). The maximum absolute atomic E-state index is 12.3. The van der Waals surface area contributed by atoms with Crippen molar-refractivity contribution in [2.75, 3.05) is 11.9 Å². The van der Waals surface area contributed by atoms with Crippen LogP contribution in [0.4, 0.5) is 5.69 Å². The normalized spacial score (nSPS) is 22.7. The molecular weight excluding hydrogens is 294 g/mol. The third-order valence-corrected chi connectivity index (χ3v) is 4.65. The molecule has 1 amide bonds. The van der Waals surface area contributed by atoms with Crippen molar-refractivity contribution in [3.63, 3.8) is 0 Å². The van der Waals surface area contributed by atoms with Crippen molar-refractivity contribution in [3.8, 4) is 0 Å². The molecule has 0 spiro atoms. The summed E-state index contributed by atoms with van der Waals surface area (Å²) in [4.78, 5) is 11.8. The second-order valence-corrected chi connectivity index (χ2v) is 6.55. The van der Waals surface area contributed by atoms with Crippen LogP contribution in [-0.2, 0) is 14.8 Å². The lowest BCUT2D eigenvalue weighted by molar-refractivity contribution is -0.128. The molecule has 1 saturated heterocycles. The number of nitrogens with one attached hydrogen (secondary N) is 3. The summed E-state index contributed by atoms with van der Waals surface area (Å²) in [5.41, 5.74) is 0.698. The van der Waals surface area contributed by atoms with Gasteiger partial charge in [-0.05, 0) is 38.0 Å². The zero-order valence-corrected chi connectivity index (χ0v) is 12.5. The third kappa shape index (κ3) is 3.93. The molecule has 1 aromatic carbocycles. The summed E-state index contributed by atoms with van der Waals surface area (Å²) in [5.74, 6) is -0.514. The van der Waals surface area contributed by atoms with E-state index in [0.29, 0.717) is 18.7 Å². The van der Waals surface area contributed by atoms with E-state index in [-0.39, 0.29) is 11.3 Å². The molecular formula is C13H19N3O4S. The summed E-state index contributed by atoms with van der Waals surface area (Å²) in [6, 6.07) is 5.53. The Labute approximate surface area is 123 Å². The standard InChI is InChI=1S/C13H19N3O4S/c1-2-14-9-4-3-5-10(8-9)21(19,20)16-11-6-7-12(17)15-13(11)18/h3-5,8,11-12,14,16-17H,2,6-7H2,1H3,(H,15,18). The molecule has 1 aliphatic rings. The van der Waals surface area contributed by atoms with Gasteiger partial charge in [0.1, 0.15) is 12.3 Å². The van der Waals surface area contributed by atoms with Gasteiger partial charge in [-0.3, -0.25) is 4.79 Å². The largest absolute Gasteiger partial charge is 0.385 e. The van der Waals surface area contributed by atoms with Gasteiger partial charge in [0, 0.05) is 12.2 Å². The van der Waals surface area contributed by atoms with Gasteiger partial charge in [0.2, 0.25) is 15.9 Å². The lowest BCUT2D eigenvalue weighted by Gasteiger charge is -2.26. The lowest BCUT2D eigenvalue weighted by atomic mass is 10.1. The summed E-state index contributed by atoms with van der Waals surface area (Å²) in [6.07, 6.45) is -0.328. The maximum Gasteiger partial charge on any atom is 0.241 e. The van der Waals surface area contributed by atoms with Crippen molar-refractivity contribution < 1.29 is 18.3 Å². The number of carbonyl (C=O) groups is 1. The Balaban J connectivity index is 2.14. The first-order valence-corrected chi connectivity index (χ1v) is 8.25. The molecule has 21 heavy (non-hydrogen) atoms. The van der Waals surface area contributed by atoms with E-state index >= 15 is 0 Å². The average molecular weight is 313 g/mol. The van der Waals surface area contributed by atoms with Crippen LogP contribution in [0.2, 0.25) is 0 Å². The van der Waals surface area contributed by atoms with Crippen LogP contribution in [0, 0.1) is 0 Å².